The van der Waals surface area contributed by atoms with Gasteiger partial charge in [-0.1, -0.05) is 13.8 Å². The molecule has 4 nitrogen and oxygen atoms in total. The van der Waals surface area contributed by atoms with Crippen molar-refractivity contribution >= 4 is 5.82 Å². The molecule has 0 aliphatic carbocycles. The Hall–Kier alpha value is -1.03. The molecule has 0 aromatic carbocycles. The zero-order valence-corrected chi connectivity index (χ0v) is 9.25. The van der Waals surface area contributed by atoms with Gasteiger partial charge in [-0.15, -0.1) is 0 Å². The van der Waals surface area contributed by atoms with Gasteiger partial charge in [-0.05, 0) is 12.8 Å². The minimum absolute atomic E-state index is 0.107. The van der Waals surface area contributed by atoms with Crippen LogP contribution in [-0.2, 0) is 7.05 Å². The van der Waals surface area contributed by atoms with E-state index in [1.165, 1.54) is 0 Å². The van der Waals surface area contributed by atoms with Crippen LogP contribution in [0.5, 0.6) is 0 Å². The Morgan fingerprint density at radius 1 is 1.50 bits per heavy atom. The van der Waals surface area contributed by atoms with E-state index in [-0.39, 0.29) is 5.54 Å². The van der Waals surface area contributed by atoms with E-state index in [1.54, 1.807) is 6.20 Å². The second-order valence-corrected chi connectivity index (χ2v) is 3.76. The van der Waals surface area contributed by atoms with Gasteiger partial charge in [0.25, 0.3) is 0 Å². The fourth-order valence-electron chi connectivity index (χ4n) is 1.31. The topological polar surface area (TPSA) is 55.9 Å². The van der Waals surface area contributed by atoms with Gasteiger partial charge in [0.1, 0.15) is 5.82 Å². The van der Waals surface area contributed by atoms with Crippen LogP contribution < -0.4 is 11.1 Å². The van der Waals surface area contributed by atoms with Gasteiger partial charge in [0.15, 0.2) is 0 Å². The van der Waals surface area contributed by atoms with Gasteiger partial charge in [0.05, 0.1) is 6.20 Å². The first-order valence-electron chi connectivity index (χ1n) is 5.12. The number of nitrogens with one attached hydrogen (secondary N) is 1. The molecule has 0 bridgehead atoms. The number of nitrogens with two attached hydrogens (primary N) is 1. The van der Waals surface area contributed by atoms with Gasteiger partial charge in [0, 0.05) is 25.2 Å². The number of aryl methyl sites for hydroxylation is 1. The smallest absolute Gasteiger partial charge is 0.123 e. The highest BCUT2D eigenvalue weighted by molar-refractivity contribution is 5.34. The summed E-state index contributed by atoms with van der Waals surface area (Å²) in [5, 5.41) is 7.39. The van der Waals surface area contributed by atoms with Crippen LogP contribution in [0.4, 0.5) is 5.82 Å². The van der Waals surface area contributed by atoms with Crippen molar-refractivity contribution < 1.29 is 0 Å². The summed E-state index contributed by atoms with van der Waals surface area (Å²) >= 11 is 0. The van der Waals surface area contributed by atoms with E-state index in [0.717, 1.165) is 25.2 Å². The lowest BCUT2D eigenvalue weighted by Gasteiger charge is -2.27. The van der Waals surface area contributed by atoms with E-state index in [2.05, 4.69) is 24.3 Å². The Morgan fingerprint density at radius 3 is 2.57 bits per heavy atom. The molecule has 0 fully saturated rings. The highest BCUT2D eigenvalue weighted by Crippen LogP contribution is 2.13. The molecular formula is C10H20N4. The van der Waals surface area contributed by atoms with Gasteiger partial charge in [-0.25, -0.2) is 0 Å². The first kappa shape index (κ1) is 11.0. The zero-order chi connectivity index (χ0) is 10.6. The molecule has 0 spiro atoms. The molecule has 0 aliphatic rings. The van der Waals surface area contributed by atoms with Crippen LogP contribution in [0, 0.1) is 0 Å². The SMILES string of the molecule is CCC(N)(CC)CNc1ccnn1C. The second-order valence-electron chi connectivity index (χ2n) is 3.76. The first-order chi connectivity index (χ1) is 6.61. The van der Waals surface area contributed by atoms with Crippen molar-refractivity contribution in [1.29, 1.82) is 0 Å². The minimum Gasteiger partial charge on any atom is -0.368 e. The average molecular weight is 196 g/mol. The zero-order valence-electron chi connectivity index (χ0n) is 9.25. The monoisotopic (exact) mass is 196 g/mol. The number of rotatable bonds is 5. The molecule has 0 radical (unpaired) electrons. The maximum Gasteiger partial charge on any atom is 0.123 e. The molecule has 0 saturated heterocycles. The van der Waals surface area contributed by atoms with Gasteiger partial charge in [0.2, 0.25) is 0 Å². The van der Waals surface area contributed by atoms with Gasteiger partial charge >= 0.3 is 0 Å². The van der Waals surface area contributed by atoms with Crippen LogP contribution in [0.15, 0.2) is 12.3 Å². The Balaban J connectivity index is 2.52. The Kier molecular flexibility index (Phi) is 3.52. The fourth-order valence-corrected chi connectivity index (χ4v) is 1.31. The van der Waals surface area contributed by atoms with Crippen LogP contribution in [-0.4, -0.2) is 21.9 Å². The summed E-state index contributed by atoms with van der Waals surface area (Å²) in [7, 11) is 1.92. The lowest BCUT2D eigenvalue weighted by molar-refractivity contribution is 0.417. The number of anilines is 1. The van der Waals surface area contributed by atoms with Crippen molar-refractivity contribution in [2.45, 2.75) is 32.2 Å². The number of aromatic nitrogens is 2. The number of nitrogens with zero attached hydrogens (tertiary/aromatic N) is 2. The lowest BCUT2D eigenvalue weighted by atomic mass is 9.94. The van der Waals surface area contributed by atoms with Crippen molar-refractivity contribution in [3.63, 3.8) is 0 Å². The highest BCUT2D eigenvalue weighted by Gasteiger charge is 2.19. The molecule has 1 rings (SSSR count). The summed E-state index contributed by atoms with van der Waals surface area (Å²) in [4.78, 5) is 0. The Bertz CT molecular complexity index is 275. The molecule has 1 aromatic rings. The Morgan fingerprint density at radius 2 is 2.14 bits per heavy atom. The van der Waals surface area contributed by atoms with E-state index < -0.39 is 0 Å². The normalized spacial score (nSPS) is 11.7. The molecule has 1 aromatic heterocycles. The second kappa shape index (κ2) is 4.46. The molecule has 0 saturated carbocycles. The van der Waals surface area contributed by atoms with Crippen molar-refractivity contribution in [1.82, 2.24) is 9.78 Å². The third-order valence-electron chi connectivity index (χ3n) is 2.85. The number of hydrogen-bond acceptors (Lipinski definition) is 3. The lowest BCUT2D eigenvalue weighted by Crippen LogP contribution is -2.45. The van der Waals surface area contributed by atoms with E-state index >= 15 is 0 Å². The van der Waals surface area contributed by atoms with Gasteiger partial charge in [-0.3, -0.25) is 4.68 Å². The molecule has 14 heavy (non-hydrogen) atoms. The van der Waals surface area contributed by atoms with E-state index in [4.69, 9.17) is 5.73 Å². The summed E-state index contributed by atoms with van der Waals surface area (Å²) in [5.41, 5.74) is 6.06. The summed E-state index contributed by atoms with van der Waals surface area (Å²) < 4.78 is 1.81. The molecule has 0 aliphatic heterocycles. The third-order valence-corrected chi connectivity index (χ3v) is 2.85. The van der Waals surface area contributed by atoms with Crippen LogP contribution in [0.1, 0.15) is 26.7 Å². The van der Waals surface area contributed by atoms with Crippen molar-refractivity contribution in [2.75, 3.05) is 11.9 Å². The predicted octanol–water partition coefficient (Wildman–Crippen LogP) is 1.35. The first-order valence-corrected chi connectivity index (χ1v) is 5.12. The maximum atomic E-state index is 6.17. The van der Waals surface area contributed by atoms with E-state index in [1.807, 2.05) is 17.8 Å². The maximum absolute atomic E-state index is 6.17. The molecule has 0 atom stereocenters. The van der Waals surface area contributed by atoms with Gasteiger partial charge in [-0.2, -0.15) is 5.10 Å². The average Bonchev–Trinajstić information content (AvgIpc) is 2.61. The highest BCUT2D eigenvalue weighted by atomic mass is 15.3. The summed E-state index contributed by atoms with van der Waals surface area (Å²) in [6, 6.07) is 1.95. The largest absolute Gasteiger partial charge is 0.368 e. The van der Waals surface area contributed by atoms with E-state index in [0.29, 0.717) is 0 Å². The molecule has 1 heterocycles. The van der Waals surface area contributed by atoms with Crippen molar-refractivity contribution in [3.05, 3.63) is 12.3 Å². The summed E-state index contributed by atoms with van der Waals surface area (Å²) in [6.45, 7) is 5.03. The van der Waals surface area contributed by atoms with Crippen LogP contribution >= 0.6 is 0 Å². The molecule has 80 valence electrons. The minimum atomic E-state index is -0.107. The fraction of sp³-hybridized carbons (Fsp3) is 0.700. The molecule has 0 unspecified atom stereocenters. The van der Waals surface area contributed by atoms with Crippen LogP contribution in [0.2, 0.25) is 0 Å². The molecule has 3 N–H and O–H groups in total. The third kappa shape index (κ3) is 2.48. The summed E-state index contributed by atoms with van der Waals surface area (Å²) in [6.07, 6.45) is 3.74. The predicted molar refractivity (Wildman–Crippen MR) is 59.2 cm³/mol. The molecule has 4 heteroatoms. The molecular weight excluding hydrogens is 176 g/mol. The van der Waals surface area contributed by atoms with Crippen molar-refractivity contribution in [3.8, 4) is 0 Å². The van der Waals surface area contributed by atoms with Crippen LogP contribution in [0.3, 0.4) is 0 Å². The standard InChI is InChI=1S/C10H20N4/c1-4-10(11,5-2)8-12-9-6-7-13-14(9)3/h6-7,12H,4-5,8,11H2,1-3H3. The van der Waals surface area contributed by atoms with E-state index in [9.17, 15) is 0 Å². The van der Waals surface area contributed by atoms with Crippen molar-refractivity contribution in [2.24, 2.45) is 12.8 Å². The Labute approximate surface area is 85.5 Å². The summed E-state index contributed by atoms with van der Waals surface area (Å²) in [5.74, 6) is 1.02. The van der Waals surface area contributed by atoms with Gasteiger partial charge < -0.3 is 11.1 Å². The quantitative estimate of drug-likeness (QED) is 0.747. The van der Waals surface area contributed by atoms with Crippen LogP contribution in [0.25, 0.3) is 0 Å². The number of hydrogen-bond donors (Lipinski definition) is 2. The molecule has 0 amide bonds.